The van der Waals surface area contributed by atoms with Crippen molar-refractivity contribution >= 4 is 11.6 Å². The van der Waals surface area contributed by atoms with Gasteiger partial charge in [0.2, 0.25) is 0 Å². The van der Waals surface area contributed by atoms with Crippen molar-refractivity contribution in [2.24, 2.45) is 5.73 Å². The smallest absolute Gasteiger partial charge is 0.303 e. The molecule has 0 saturated heterocycles. The average Bonchev–Trinajstić information content (AvgIpc) is 2.26. The summed E-state index contributed by atoms with van der Waals surface area (Å²) in [4.78, 5) is 3.49. The second kappa shape index (κ2) is 5.19. The fourth-order valence-corrected chi connectivity index (χ4v) is 1.31. The molecule has 6 heteroatoms. The summed E-state index contributed by atoms with van der Waals surface area (Å²) < 4.78 is 38.1. The first-order valence-electron chi connectivity index (χ1n) is 4.30. The molecular weight excluding hydrogens is 241 g/mol. The highest BCUT2D eigenvalue weighted by atomic mass is 35.5. The Balaban J connectivity index is 3.10. The molecule has 0 radical (unpaired) electrons. The topological polar surface area (TPSA) is 38.9 Å². The predicted octanol–water partition coefficient (Wildman–Crippen LogP) is 2.11. The maximum atomic E-state index is 13.2. The lowest BCUT2D eigenvalue weighted by molar-refractivity contribution is 0.00150. The molecule has 1 aromatic rings. The van der Waals surface area contributed by atoms with Gasteiger partial charge in [-0.05, 0) is 6.07 Å². The van der Waals surface area contributed by atoms with Crippen molar-refractivity contribution in [1.82, 2.24) is 4.98 Å². The van der Waals surface area contributed by atoms with E-state index in [0.29, 0.717) is 0 Å². The van der Waals surface area contributed by atoms with Gasteiger partial charge in [0.15, 0.2) is 6.67 Å². The highest BCUT2D eigenvalue weighted by Gasteiger charge is 2.33. The third kappa shape index (κ3) is 2.87. The monoisotopic (exact) mass is 248 g/mol. The minimum Gasteiger partial charge on any atom is -0.325 e. The SMILES string of the molecule is NCC(F)(F)c1ncc(C#CCF)cc1Cl. The molecule has 1 aromatic heterocycles. The van der Waals surface area contributed by atoms with E-state index < -0.39 is 24.8 Å². The van der Waals surface area contributed by atoms with Crippen LogP contribution in [0.4, 0.5) is 13.2 Å². The summed E-state index contributed by atoms with van der Waals surface area (Å²) in [5.41, 5.74) is 4.58. The van der Waals surface area contributed by atoms with Crippen LogP contribution in [0.25, 0.3) is 0 Å². The average molecular weight is 249 g/mol. The quantitative estimate of drug-likeness (QED) is 0.814. The van der Waals surface area contributed by atoms with Crippen LogP contribution in [-0.2, 0) is 5.92 Å². The predicted molar refractivity (Wildman–Crippen MR) is 55.0 cm³/mol. The lowest BCUT2D eigenvalue weighted by Crippen LogP contribution is -2.26. The van der Waals surface area contributed by atoms with Crippen molar-refractivity contribution in [1.29, 1.82) is 0 Å². The Hall–Kier alpha value is -1.25. The van der Waals surface area contributed by atoms with Crippen molar-refractivity contribution in [2.45, 2.75) is 5.92 Å². The first-order chi connectivity index (χ1) is 7.51. The first-order valence-corrected chi connectivity index (χ1v) is 4.68. The molecule has 0 amide bonds. The zero-order valence-electron chi connectivity index (χ0n) is 8.11. The lowest BCUT2D eigenvalue weighted by atomic mass is 10.2. The summed E-state index contributed by atoms with van der Waals surface area (Å²) in [6.45, 7) is -1.70. The van der Waals surface area contributed by atoms with Crippen LogP contribution in [0.2, 0.25) is 5.02 Å². The molecule has 1 heterocycles. The van der Waals surface area contributed by atoms with Crippen LogP contribution in [0.1, 0.15) is 11.3 Å². The Kier molecular flexibility index (Phi) is 4.16. The van der Waals surface area contributed by atoms with Crippen LogP contribution in [0.15, 0.2) is 12.3 Å². The molecule has 86 valence electrons. The summed E-state index contributed by atoms with van der Waals surface area (Å²) in [5, 5.41) is -0.235. The number of pyridine rings is 1. The van der Waals surface area contributed by atoms with Gasteiger partial charge in [-0.1, -0.05) is 23.4 Å². The van der Waals surface area contributed by atoms with Gasteiger partial charge < -0.3 is 5.73 Å². The van der Waals surface area contributed by atoms with Crippen LogP contribution in [0.3, 0.4) is 0 Å². The number of hydrogen-bond acceptors (Lipinski definition) is 2. The third-order valence-electron chi connectivity index (χ3n) is 1.74. The molecule has 2 nitrogen and oxygen atoms in total. The molecule has 0 aliphatic heterocycles. The lowest BCUT2D eigenvalue weighted by Gasteiger charge is -2.14. The maximum Gasteiger partial charge on any atom is 0.303 e. The molecule has 2 N–H and O–H groups in total. The molecule has 0 atom stereocenters. The number of aromatic nitrogens is 1. The Morgan fingerprint density at radius 2 is 2.19 bits per heavy atom. The van der Waals surface area contributed by atoms with Crippen LogP contribution in [0, 0.1) is 11.8 Å². The van der Waals surface area contributed by atoms with Crippen molar-refractivity contribution in [3.8, 4) is 11.8 Å². The summed E-state index contributed by atoms with van der Waals surface area (Å²) in [6.07, 6.45) is 1.10. The molecule has 0 fully saturated rings. The Bertz CT molecular complexity index is 437. The summed E-state index contributed by atoms with van der Waals surface area (Å²) in [5.74, 6) is 1.25. The van der Waals surface area contributed by atoms with Crippen molar-refractivity contribution < 1.29 is 13.2 Å². The molecule has 0 unspecified atom stereocenters. The molecule has 0 aliphatic carbocycles. The van der Waals surface area contributed by atoms with Gasteiger partial charge in [-0.3, -0.25) is 4.98 Å². The van der Waals surface area contributed by atoms with Crippen LogP contribution in [0.5, 0.6) is 0 Å². The second-order valence-electron chi connectivity index (χ2n) is 2.90. The Morgan fingerprint density at radius 1 is 1.50 bits per heavy atom. The van der Waals surface area contributed by atoms with E-state index in [9.17, 15) is 13.2 Å². The second-order valence-corrected chi connectivity index (χ2v) is 3.31. The Morgan fingerprint density at radius 3 is 2.69 bits per heavy atom. The van der Waals surface area contributed by atoms with E-state index in [4.69, 9.17) is 17.3 Å². The number of alkyl halides is 3. The number of nitrogens with two attached hydrogens (primary N) is 1. The molecular formula is C10H8ClF3N2. The van der Waals surface area contributed by atoms with E-state index in [1.807, 2.05) is 0 Å². The standard InChI is InChI=1S/C10H8ClF3N2/c11-8-4-7(2-1-3-12)5-16-9(8)10(13,14)6-15/h4-5H,3,6,15H2. The van der Waals surface area contributed by atoms with Gasteiger partial charge >= 0.3 is 5.92 Å². The minimum atomic E-state index is -3.27. The molecule has 0 spiro atoms. The number of rotatable bonds is 2. The van der Waals surface area contributed by atoms with Gasteiger partial charge in [-0.15, -0.1) is 0 Å². The summed E-state index contributed by atoms with van der Waals surface area (Å²) in [7, 11) is 0. The van der Waals surface area contributed by atoms with E-state index in [0.717, 1.165) is 6.20 Å². The maximum absolute atomic E-state index is 13.2. The van der Waals surface area contributed by atoms with Crippen molar-refractivity contribution in [2.75, 3.05) is 13.2 Å². The van der Waals surface area contributed by atoms with Gasteiger partial charge in [-0.25, -0.2) is 4.39 Å². The Labute approximate surface area is 95.6 Å². The number of nitrogens with zero attached hydrogens (tertiary/aromatic N) is 1. The van der Waals surface area contributed by atoms with Gasteiger partial charge in [0, 0.05) is 11.8 Å². The first kappa shape index (κ1) is 12.8. The van der Waals surface area contributed by atoms with Crippen LogP contribution in [-0.4, -0.2) is 18.2 Å². The zero-order chi connectivity index (χ0) is 12.2. The van der Waals surface area contributed by atoms with E-state index >= 15 is 0 Å². The fraction of sp³-hybridized carbons (Fsp3) is 0.300. The normalized spacial score (nSPS) is 10.8. The van der Waals surface area contributed by atoms with Gasteiger partial charge in [0.1, 0.15) is 5.69 Å². The van der Waals surface area contributed by atoms with Crippen LogP contribution < -0.4 is 5.73 Å². The molecule has 0 aliphatic rings. The molecule has 1 rings (SSSR count). The molecule has 0 saturated carbocycles. The van der Waals surface area contributed by atoms with E-state index in [1.54, 1.807) is 0 Å². The summed E-state index contributed by atoms with van der Waals surface area (Å²) >= 11 is 5.61. The summed E-state index contributed by atoms with van der Waals surface area (Å²) in [6, 6.07) is 1.20. The fourth-order valence-electron chi connectivity index (χ4n) is 1.01. The van der Waals surface area contributed by atoms with E-state index in [-0.39, 0.29) is 10.6 Å². The van der Waals surface area contributed by atoms with Crippen LogP contribution >= 0.6 is 11.6 Å². The number of hydrogen-bond donors (Lipinski definition) is 1. The van der Waals surface area contributed by atoms with Gasteiger partial charge in [-0.2, -0.15) is 8.78 Å². The van der Waals surface area contributed by atoms with Gasteiger partial charge in [0.25, 0.3) is 0 Å². The van der Waals surface area contributed by atoms with Crippen molar-refractivity contribution in [3.63, 3.8) is 0 Å². The minimum absolute atomic E-state index is 0.235. The molecule has 0 aromatic carbocycles. The largest absolute Gasteiger partial charge is 0.325 e. The highest BCUT2D eigenvalue weighted by Crippen LogP contribution is 2.30. The zero-order valence-corrected chi connectivity index (χ0v) is 8.86. The number of halogens is 4. The highest BCUT2D eigenvalue weighted by molar-refractivity contribution is 6.31. The third-order valence-corrected chi connectivity index (χ3v) is 2.03. The van der Waals surface area contributed by atoms with E-state index in [2.05, 4.69) is 16.8 Å². The molecule has 0 bridgehead atoms. The van der Waals surface area contributed by atoms with Gasteiger partial charge in [0.05, 0.1) is 11.6 Å². The van der Waals surface area contributed by atoms with Crippen molar-refractivity contribution in [3.05, 3.63) is 28.5 Å². The molecule has 16 heavy (non-hydrogen) atoms. The van der Waals surface area contributed by atoms with E-state index in [1.165, 1.54) is 6.07 Å².